The fourth-order valence-corrected chi connectivity index (χ4v) is 3.34. The Morgan fingerprint density at radius 1 is 0.821 bits per heavy atom. The van der Waals surface area contributed by atoms with E-state index in [1.807, 2.05) is 12.1 Å². The van der Waals surface area contributed by atoms with Crippen molar-refractivity contribution in [1.29, 1.82) is 0 Å². The highest BCUT2D eigenvalue weighted by molar-refractivity contribution is 5.83. The number of benzene rings is 2. The van der Waals surface area contributed by atoms with Crippen LogP contribution in [-0.2, 0) is 12.8 Å². The number of nitrogens with one attached hydrogen (secondary N) is 3. The summed E-state index contributed by atoms with van der Waals surface area (Å²) in [6.07, 6.45) is 6.92. The van der Waals surface area contributed by atoms with Gasteiger partial charge in [-0.2, -0.15) is 4.98 Å². The van der Waals surface area contributed by atoms with Gasteiger partial charge in [0.2, 0.25) is 5.95 Å². The zero-order chi connectivity index (χ0) is 19.0. The molecule has 0 saturated heterocycles. The molecule has 0 atom stereocenters. The SMILES string of the molecule is c1ccc(CCCNc2nccc(NCCc3c[nH]c4ccccc34)n2)cc1. The fourth-order valence-electron chi connectivity index (χ4n) is 3.34. The van der Waals surface area contributed by atoms with Crippen LogP contribution in [0, 0.1) is 0 Å². The lowest BCUT2D eigenvalue weighted by atomic mass is 10.1. The summed E-state index contributed by atoms with van der Waals surface area (Å²) in [6, 6.07) is 20.8. The summed E-state index contributed by atoms with van der Waals surface area (Å²) in [5.74, 6) is 1.52. The van der Waals surface area contributed by atoms with Gasteiger partial charge in [0, 0.05) is 36.4 Å². The van der Waals surface area contributed by atoms with Crippen LogP contribution in [0.5, 0.6) is 0 Å². The zero-order valence-electron chi connectivity index (χ0n) is 15.9. The van der Waals surface area contributed by atoms with E-state index in [1.165, 1.54) is 22.0 Å². The number of anilines is 2. The number of fused-ring (bicyclic) bond motifs is 1. The summed E-state index contributed by atoms with van der Waals surface area (Å²) >= 11 is 0. The van der Waals surface area contributed by atoms with Crippen LogP contribution in [-0.4, -0.2) is 28.0 Å². The van der Waals surface area contributed by atoms with Gasteiger partial charge in [0.1, 0.15) is 5.82 Å². The third-order valence-corrected chi connectivity index (χ3v) is 4.80. The number of hydrogen-bond acceptors (Lipinski definition) is 4. The van der Waals surface area contributed by atoms with Crippen molar-refractivity contribution in [3.05, 3.63) is 84.2 Å². The van der Waals surface area contributed by atoms with Crippen molar-refractivity contribution in [3.63, 3.8) is 0 Å². The molecule has 2 aromatic carbocycles. The first-order chi connectivity index (χ1) is 13.9. The molecule has 0 saturated carbocycles. The monoisotopic (exact) mass is 371 g/mol. The maximum absolute atomic E-state index is 4.56. The number of aromatic nitrogens is 3. The number of para-hydroxylation sites is 1. The minimum atomic E-state index is 0.671. The molecule has 0 unspecified atom stereocenters. The Morgan fingerprint density at radius 3 is 2.61 bits per heavy atom. The van der Waals surface area contributed by atoms with Crippen LogP contribution in [0.3, 0.4) is 0 Å². The molecule has 0 amide bonds. The molecule has 0 spiro atoms. The second kappa shape index (κ2) is 9.04. The van der Waals surface area contributed by atoms with Crippen molar-refractivity contribution in [2.75, 3.05) is 23.7 Å². The minimum Gasteiger partial charge on any atom is -0.370 e. The van der Waals surface area contributed by atoms with Crippen LogP contribution < -0.4 is 10.6 Å². The lowest BCUT2D eigenvalue weighted by Crippen LogP contribution is -2.10. The molecule has 2 heterocycles. The average molecular weight is 371 g/mol. The van der Waals surface area contributed by atoms with E-state index >= 15 is 0 Å². The molecule has 4 aromatic rings. The standard InChI is InChI=1S/C23H25N5/c1-2-7-18(8-3-1)9-6-14-25-23-26-16-13-22(28-23)24-15-12-19-17-27-21-11-5-4-10-20(19)21/h1-5,7-8,10-11,13,16-17,27H,6,9,12,14-15H2,(H2,24,25,26,28). The van der Waals surface area contributed by atoms with Crippen molar-refractivity contribution in [3.8, 4) is 0 Å². The van der Waals surface area contributed by atoms with Crippen molar-refractivity contribution < 1.29 is 0 Å². The molecule has 2 aromatic heterocycles. The van der Waals surface area contributed by atoms with Crippen LogP contribution in [0.15, 0.2) is 73.1 Å². The molecule has 0 fully saturated rings. The van der Waals surface area contributed by atoms with Gasteiger partial charge in [0.05, 0.1) is 0 Å². The van der Waals surface area contributed by atoms with Gasteiger partial charge >= 0.3 is 0 Å². The third kappa shape index (κ3) is 4.68. The van der Waals surface area contributed by atoms with Crippen molar-refractivity contribution in [1.82, 2.24) is 15.0 Å². The first-order valence-corrected chi connectivity index (χ1v) is 9.78. The van der Waals surface area contributed by atoms with Crippen LogP contribution in [0.1, 0.15) is 17.5 Å². The van der Waals surface area contributed by atoms with Gasteiger partial charge in [-0.1, -0.05) is 48.5 Å². The van der Waals surface area contributed by atoms with Crippen molar-refractivity contribution >= 4 is 22.7 Å². The number of hydrogen-bond donors (Lipinski definition) is 3. The third-order valence-electron chi connectivity index (χ3n) is 4.80. The molecular weight excluding hydrogens is 346 g/mol. The number of rotatable bonds is 9. The minimum absolute atomic E-state index is 0.671. The molecule has 142 valence electrons. The maximum atomic E-state index is 4.56. The highest BCUT2D eigenvalue weighted by Crippen LogP contribution is 2.18. The van der Waals surface area contributed by atoms with E-state index in [0.717, 1.165) is 38.2 Å². The second-order valence-electron chi connectivity index (χ2n) is 6.82. The highest BCUT2D eigenvalue weighted by Gasteiger charge is 2.03. The van der Waals surface area contributed by atoms with Crippen LogP contribution in [0.4, 0.5) is 11.8 Å². The topological polar surface area (TPSA) is 65.6 Å². The average Bonchev–Trinajstić information content (AvgIpc) is 3.16. The van der Waals surface area contributed by atoms with Gasteiger partial charge in [0.15, 0.2) is 0 Å². The number of aromatic amines is 1. The number of aryl methyl sites for hydroxylation is 1. The van der Waals surface area contributed by atoms with E-state index in [9.17, 15) is 0 Å². The van der Waals surface area contributed by atoms with Crippen LogP contribution >= 0.6 is 0 Å². The molecule has 0 aliphatic rings. The normalized spacial score (nSPS) is 10.9. The predicted octanol–water partition coefficient (Wildman–Crippen LogP) is 4.66. The highest BCUT2D eigenvalue weighted by atomic mass is 15.1. The number of nitrogens with zero attached hydrogens (tertiary/aromatic N) is 2. The summed E-state index contributed by atoms with van der Waals surface area (Å²) in [5, 5.41) is 8.00. The summed E-state index contributed by atoms with van der Waals surface area (Å²) in [5.41, 5.74) is 3.86. The largest absolute Gasteiger partial charge is 0.370 e. The van der Waals surface area contributed by atoms with Gasteiger partial charge in [-0.05, 0) is 42.5 Å². The summed E-state index contributed by atoms with van der Waals surface area (Å²) in [4.78, 5) is 12.2. The van der Waals surface area contributed by atoms with E-state index < -0.39 is 0 Å². The summed E-state index contributed by atoms with van der Waals surface area (Å²) in [7, 11) is 0. The quantitative estimate of drug-likeness (QED) is 0.375. The van der Waals surface area contributed by atoms with E-state index in [4.69, 9.17) is 0 Å². The lowest BCUT2D eigenvalue weighted by Gasteiger charge is -2.08. The fraction of sp³-hybridized carbons (Fsp3) is 0.217. The molecule has 0 aliphatic heterocycles. The molecule has 5 nitrogen and oxygen atoms in total. The Labute approximate surface area is 165 Å². The molecule has 0 radical (unpaired) electrons. The first kappa shape index (κ1) is 18.0. The second-order valence-corrected chi connectivity index (χ2v) is 6.82. The maximum Gasteiger partial charge on any atom is 0.224 e. The molecule has 3 N–H and O–H groups in total. The molecule has 0 aliphatic carbocycles. The molecule has 5 heteroatoms. The summed E-state index contributed by atoms with van der Waals surface area (Å²) in [6.45, 7) is 1.68. The van der Waals surface area contributed by atoms with Gasteiger partial charge in [0.25, 0.3) is 0 Å². The van der Waals surface area contributed by atoms with Gasteiger partial charge < -0.3 is 15.6 Å². The van der Waals surface area contributed by atoms with E-state index in [1.54, 1.807) is 6.20 Å². The van der Waals surface area contributed by atoms with Gasteiger partial charge in [-0.3, -0.25) is 0 Å². The number of H-pyrrole nitrogens is 1. The molecule has 28 heavy (non-hydrogen) atoms. The van der Waals surface area contributed by atoms with Crippen molar-refractivity contribution in [2.24, 2.45) is 0 Å². The Hall–Kier alpha value is -3.34. The van der Waals surface area contributed by atoms with Crippen LogP contribution in [0.2, 0.25) is 0 Å². The zero-order valence-corrected chi connectivity index (χ0v) is 15.9. The Morgan fingerprint density at radius 2 is 1.68 bits per heavy atom. The Kier molecular flexibility index (Phi) is 5.83. The molecule has 0 bridgehead atoms. The van der Waals surface area contributed by atoms with E-state index in [0.29, 0.717) is 5.95 Å². The van der Waals surface area contributed by atoms with Gasteiger partial charge in [-0.25, -0.2) is 4.98 Å². The lowest BCUT2D eigenvalue weighted by molar-refractivity contribution is 0.852. The van der Waals surface area contributed by atoms with Gasteiger partial charge in [-0.15, -0.1) is 0 Å². The van der Waals surface area contributed by atoms with E-state index in [2.05, 4.69) is 80.3 Å². The predicted molar refractivity (Wildman–Crippen MR) is 116 cm³/mol. The Balaban J connectivity index is 1.24. The van der Waals surface area contributed by atoms with Crippen molar-refractivity contribution in [2.45, 2.75) is 19.3 Å². The Bertz CT molecular complexity index is 1010. The van der Waals surface area contributed by atoms with E-state index in [-0.39, 0.29) is 0 Å². The molecule has 4 rings (SSSR count). The summed E-state index contributed by atoms with van der Waals surface area (Å²) < 4.78 is 0. The van der Waals surface area contributed by atoms with Crippen LogP contribution in [0.25, 0.3) is 10.9 Å². The smallest absolute Gasteiger partial charge is 0.224 e. The first-order valence-electron chi connectivity index (χ1n) is 9.78. The molecular formula is C23H25N5.